The van der Waals surface area contributed by atoms with E-state index in [1.165, 1.54) is 58.0 Å². The molecule has 4 heteroatoms. The lowest BCUT2D eigenvalue weighted by atomic mass is 10.1. The maximum Gasteiger partial charge on any atom is 0.234 e. The highest BCUT2D eigenvalue weighted by Gasteiger charge is 2.21. The molecular weight excluding hydrogens is 250 g/mol. The van der Waals surface area contributed by atoms with E-state index in [0.29, 0.717) is 12.6 Å². The zero-order valence-corrected chi connectivity index (χ0v) is 13.0. The number of nitrogens with zero attached hydrogens (tertiary/aromatic N) is 1. The summed E-state index contributed by atoms with van der Waals surface area (Å²) in [5.74, 6) is 0.905. The Kier molecular flexibility index (Phi) is 6.80. The molecule has 2 fully saturated rings. The second-order valence-electron chi connectivity index (χ2n) is 6.43. The topological polar surface area (TPSA) is 44.4 Å². The molecule has 0 aromatic carbocycles. The van der Waals surface area contributed by atoms with Gasteiger partial charge in [-0.3, -0.25) is 4.79 Å². The van der Waals surface area contributed by atoms with Crippen LogP contribution in [0.1, 0.15) is 51.9 Å². The lowest BCUT2D eigenvalue weighted by molar-refractivity contribution is -0.121. The Bertz CT molecular complexity index is 287. The van der Waals surface area contributed by atoms with Crippen LogP contribution in [0.5, 0.6) is 0 Å². The standard InChI is InChI=1S/C16H31N3O/c1-2-19-10-9-14(13-19)11-17-12-16(20)18-15-7-5-3-4-6-8-15/h14-15,17H,2-13H2,1H3,(H,18,20). The third-order valence-electron chi connectivity index (χ3n) is 4.76. The summed E-state index contributed by atoms with van der Waals surface area (Å²) in [5.41, 5.74) is 0. The van der Waals surface area contributed by atoms with Gasteiger partial charge in [0.05, 0.1) is 6.54 Å². The molecule has 1 amide bonds. The number of carbonyl (C=O) groups excluding carboxylic acids is 1. The van der Waals surface area contributed by atoms with Gasteiger partial charge in [-0.25, -0.2) is 0 Å². The van der Waals surface area contributed by atoms with Crippen LogP contribution in [0, 0.1) is 5.92 Å². The monoisotopic (exact) mass is 281 g/mol. The lowest BCUT2D eigenvalue weighted by Crippen LogP contribution is -2.41. The van der Waals surface area contributed by atoms with Crippen molar-refractivity contribution < 1.29 is 4.79 Å². The quantitative estimate of drug-likeness (QED) is 0.729. The van der Waals surface area contributed by atoms with Gasteiger partial charge < -0.3 is 15.5 Å². The largest absolute Gasteiger partial charge is 0.352 e. The number of likely N-dealkylation sites (tertiary alicyclic amines) is 1. The summed E-state index contributed by atoms with van der Waals surface area (Å²) < 4.78 is 0. The fraction of sp³-hybridized carbons (Fsp3) is 0.938. The summed E-state index contributed by atoms with van der Waals surface area (Å²) in [7, 11) is 0. The molecule has 1 aliphatic carbocycles. The van der Waals surface area contributed by atoms with E-state index < -0.39 is 0 Å². The number of hydrogen-bond donors (Lipinski definition) is 2. The van der Waals surface area contributed by atoms with Crippen LogP contribution in [-0.2, 0) is 4.79 Å². The normalized spacial score (nSPS) is 25.6. The molecule has 4 nitrogen and oxygen atoms in total. The Morgan fingerprint density at radius 3 is 2.55 bits per heavy atom. The van der Waals surface area contributed by atoms with Crippen molar-refractivity contribution in [3.05, 3.63) is 0 Å². The summed E-state index contributed by atoms with van der Waals surface area (Å²) in [6.45, 7) is 7.24. The van der Waals surface area contributed by atoms with Gasteiger partial charge in [0, 0.05) is 12.6 Å². The lowest BCUT2D eigenvalue weighted by Gasteiger charge is -2.17. The van der Waals surface area contributed by atoms with E-state index in [-0.39, 0.29) is 5.91 Å². The van der Waals surface area contributed by atoms with E-state index in [2.05, 4.69) is 22.5 Å². The van der Waals surface area contributed by atoms with Crippen molar-refractivity contribution in [1.82, 2.24) is 15.5 Å². The average molecular weight is 281 g/mol. The van der Waals surface area contributed by atoms with Crippen molar-refractivity contribution in [2.45, 2.75) is 57.9 Å². The SMILES string of the molecule is CCN1CCC(CNCC(=O)NC2CCCCCC2)C1. The molecule has 1 aliphatic heterocycles. The van der Waals surface area contributed by atoms with Crippen molar-refractivity contribution >= 4 is 5.91 Å². The van der Waals surface area contributed by atoms with E-state index >= 15 is 0 Å². The minimum atomic E-state index is 0.183. The van der Waals surface area contributed by atoms with Crippen LogP contribution in [0.2, 0.25) is 0 Å². The Labute approximate surface area is 123 Å². The predicted octanol–water partition coefficient (Wildman–Crippen LogP) is 1.76. The Balaban J connectivity index is 1.55. The highest BCUT2D eigenvalue weighted by atomic mass is 16.1. The van der Waals surface area contributed by atoms with Gasteiger partial charge in [-0.1, -0.05) is 32.6 Å². The van der Waals surface area contributed by atoms with Crippen LogP contribution in [-0.4, -0.2) is 49.6 Å². The molecule has 0 bridgehead atoms. The molecule has 1 saturated carbocycles. The van der Waals surface area contributed by atoms with Crippen molar-refractivity contribution in [2.24, 2.45) is 5.92 Å². The molecule has 1 heterocycles. The molecule has 1 unspecified atom stereocenters. The first-order chi connectivity index (χ1) is 9.78. The zero-order valence-electron chi connectivity index (χ0n) is 13.0. The molecule has 0 aromatic heterocycles. The van der Waals surface area contributed by atoms with E-state index in [0.717, 1.165) is 19.0 Å². The van der Waals surface area contributed by atoms with Crippen molar-refractivity contribution in [2.75, 3.05) is 32.7 Å². The van der Waals surface area contributed by atoms with Gasteiger partial charge in [0.2, 0.25) is 5.91 Å². The first-order valence-corrected chi connectivity index (χ1v) is 8.50. The number of carbonyl (C=O) groups is 1. The van der Waals surface area contributed by atoms with Gasteiger partial charge in [0.25, 0.3) is 0 Å². The van der Waals surface area contributed by atoms with Crippen LogP contribution >= 0.6 is 0 Å². The van der Waals surface area contributed by atoms with Crippen LogP contribution in [0.3, 0.4) is 0 Å². The van der Waals surface area contributed by atoms with Crippen molar-refractivity contribution in [1.29, 1.82) is 0 Å². The molecule has 2 aliphatic rings. The van der Waals surface area contributed by atoms with Gasteiger partial charge in [-0.2, -0.15) is 0 Å². The molecule has 2 rings (SSSR count). The molecule has 1 saturated heterocycles. The fourth-order valence-corrected chi connectivity index (χ4v) is 3.46. The Morgan fingerprint density at radius 2 is 1.90 bits per heavy atom. The predicted molar refractivity (Wildman–Crippen MR) is 82.7 cm³/mol. The number of nitrogens with one attached hydrogen (secondary N) is 2. The third kappa shape index (κ3) is 5.41. The van der Waals surface area contributed by atoms with Gasteiger partial charge in [0.1, 0.15) is 0 Å². The molecule has 0 aromatic rings. The molecule has 0 radical (unpaired) electrons. The maximum absolute atomic E-state index is 11.9. The first-order valence-electron chi connectivity index (χ1n) is 8.50. The summed E-state index contributed by atoms with van der Waals surface area (Å²) in [4.78, 5) is 14.4. The molecular formula is C16H31N3O. The summed E-state index contributed by atoms with van der Waals surface area (Å²) in [6, 6.07) is 0.425. The van der Waals surface area contributed by atoms with Gasteiger partial charge in [0.15, 0.2) is 0 Å². The van der Waals surface area contributed by atoms with Crippen LogP contribution in [0.4, 0.5) is 0 Å². The second-order valence-corrected chi connectivity index (χ2v) is 6.43. The van der Waals surface area contributed by atoms with Crippen molar-refractivity contribution in [3.63, 3.8) is 0 Å². The highest BCUT2D eigenvalue weighted by molar-refractivity contribution is 5.78. The molecule has 1 atom stereocenters. The molecule has 116 valence electrons. The van der Waals surface area contributed by atoms with Crippen LogP contribution in [0.25, 0.3) is 0 Å². The van der Waals surface area contributed by atoms with E-state index in [1.54, 1.807) is 0 Å². The maximum atomic E-state index is 11.9. The van der Waals surface area contributed by atoms with Crippen LogP contribution < -0.4 is 10.6 Å². The first kappa shape index (κ1) is 15.8. The fourth-order valence-electron chi connectivity index (χ4n) is 3.46. The number of amides is 1. The van der Waals surface area contributed by atoms with E-state index in [9.17, 15) is 4.79 Å². The number of hydrogen-bond acceptors (Lipinski definition) is 3. The zero-order chi connectivity index (χ0) is 14.2. The smallest absolute Gasteiger partial charge is 0.234 e. The Hall–Kier alpha value is -0.610. The van der Waals surface area contributed by atoms with Crippen LogP contribution in [0.15, 0.2) is 0 Å². The highest BCUT2D eigenvalue weighted by Crippen LogP contribution is 2.17. The van der Waals surface area contributed by atoms with Gasteiger partial charge >= 0.3 is 0 Å². The van der Waals surface area contributed by atoms with Gasteiger partial charge in [-0.05, 0) is 44.8 Å². The summed E-state index contributed by atoms with van der Waals surface area (Å²) in [6.07, 6.45) is 8.81. The average Bonchev–Trinajstić information content (AvgIpc) is 2.75. The molecule has 20 heavy (non-hydrogen) atoms. The molecule has 0 spiro atoms. The minimum Gasteiger partial charge on any atom is -0.352 e. The molecule has 2 N–H and O–H groups in total. The van der Waals surface area contributed by atoms with Gasteiger partial charge in [-0.15, -0.1) is 0 Å². The minimum absolute atomic E-state index is 0.183. The Morgan fingerprint density at radius 1 is 1.15 bits per heavy atom. The second kappa shape index (κ2) is 8.63. The third-order valence-corrected chi connectivity index (χ3v) is 4.76. The summed E-state index contributed by atoms with van der Waals surface area (Å²) in [5, 5.41) is 6.53. The van der Waals surface area contributed by atoms with E-state index in [1.807, 2.05) is 0 Å². The van der Waals surface area contributed by atoms with Crippen molar-refractivity contribution in [3.8, 4) is 0 Å². The number of rotatable bonds is 6. The van der Waals surface area contributed by atoms with E-state index in [4.69, 9.17) is 0 Å². The summed E-state index contributed by atoms with van der Waals surface area (Å²) >= 11 is 0.